The zero-order valence-electron chi connectivity index (χ0n) is 20.4. The fourth-order valence-corrected chi connectivity index (χ4v) is 6.77. The Labute approximate surface area is 217 Å². The van der Waals surface area contributed by atoms with Crippen LogP contribution in [0.25, 0.3) is 44.5 Å². The van der Waals surface area contributed by atoms with Crippen molar-refractivity contribution in [3.8, 4) is 44.5 Å². The van der Waals surface area contributed by atoms with Gasteiger partial charge in [0.25, 0.3) is 0 Å². The number of hydrogen-bond acceptors (Lipinski definition) is 0. The second-order valence-corrected chi connectivity index (χ2v) is 10.1. The van der Waals surface area contributed by atoms with Crippen LogP contribution in [0.3, 0.4) is 0 Å². The maximum absolute atomic E-state index is 2.40. The van der Waals surface area contributed by atoms with Crippen molar-refractivity contribution in [1.82, 2.24) is 0 Å². The lowest BCUT2D eigenvalue weighted by molar-refractivity contribution is 0.794. The Morgan fingerprint density at radius 2 is 0.649 bits per heavy atom. The monoisotopic (exact) mass is 468 g/mol. The van der Waals surface area contributed by atoms with Gasteiger partial charge in [-0.3, -0.25) is 0 Å². The summed E-state index contributed by atoms with van der Waals surface area (Å²) in [5, 5.41) is 0. The molecule has 0 aliphatic heterocycles. The van der Waals surface area contributed by atoms with E-state index in [1.807, 2.05) is 0 Å². The molecule has 0 nitrogen and oxygen atoms in total. The predicted molar refractivity (Wildman–Crippen MR) is 154 cm³/mol. The third kappa shape index (κ3) is 2.73. The molecule has 6 aromatic carbocycles. The molecule has 0 amide bonds. The van der Waals surface area contributed by atoms with Gasteiger partial charge in [-0.15, -0.1) is 0 Å². The third-order valence-electron chi connectivity index (χ3n) is 8.30. The van der Waals surface area contributed by atoms with Crippen molar-refractivity contribution >= 4 is 0 Å². The maximum atomic E-state index is 2.40. The molecule has 0 heteroatoms. The molecule has 6 aromatic rings. The highest BCUT2D eigenvalue weighted by atomic mass is 14.5. The lowest BCUT2D eigenvalue weighted by atomic mass is 9.70. The third-order valence-corrected chi connectivity index (χ3v) is 8.30. The van der Waals surface area contributed by atoms with Crippen LogP contribution in [0, 0.1) is 0 Å². The second-order valence-electron chi connectivity index (χ2n) is 10.1. The first-order chi connectivity index (χ1) is 18.4. The average Bonchev–Trinajstić information content (AvgIpc) is 3.44. The molecule has 0 radical (unpaired) electrons. The van der Waals surface area contributed by atoms with E-state index in [0.29, 0.717) is 0 Å². The summed E-state index contributed by atoms with van der Waals surface area (Å²) < 4.78 is 0. The summed E-state index contributed by atoms with van der Waals surface area (Å²) in [6.45, 7) is 0. The summed E-state index contributed by atoms with van der Waals surface area (Å²) in [6.07, 6.45) is 0. The largest absolute Gasteiger partial charge is 0.0725 e. The normalized spacial score (nSPS) is 13.6. The van der Waals surface area contributed by atoms with Gasteiger partial charge >= 0.3 is 0 Å². The Morgan fingerprint density at radius 3 is 1.11 bits per heavy atom. The van der Waals surface area contributed by atoms with Crippen molar-refractivity contribution in [2.75, 3.05) is 0 Å². The van der Waals surface area contributed by atoms with Gasteiger partial charge in [-0.05, 0) is 78.9 Å². The Balaban J connectivity index is 1.44. The van der Waals surface area contributed by atoms with Crippen molar-refractivity contribution in [3.63, 3.8) is 0 Å². The summed E-state index contributed by atoms with van der Waals surface area (Å²) in [5.74, 6) is 0. The van der Waals surface area contributed by atoms with Crippen LogP contribution >= 0.6 is 0 Å². The summed E-state index contributed by atoms with van der Waals surface area (Å²) in [7, 11) is 0. The minimum absolute atomic E-state index is 0.303. The van der Waals surface area contributed by atoms with E-state index in [1.165, 1.54) is 66.8 Å². The molecule has 0 aromatic heterocycles. The van der Waals surface area contributed by atoms with Gasteiger partial charge in [0, 0.05) is 0 Å². The SMILES string of the molecule is c1ccc(-c2ccc3c(c2)-c2ccccc2C32c3ccccc3-c3cc(-c4ccccc4)ccc32)cc1. The van der Waals surface area contributed by atoms with E-state index in [0.717, 1.165) is 0 Å². The highest BCUT2D eigenvalue weighted by Gasteiger charge is 2.51. The molecule has 37 heavy (non-hydrogen) atoms. The van der Waals surface area contributed by atoms with Gasteiger partial charge in [-0.1, -0.05) is 133 Å². The van der Waals surface area contributed by atoms with E-state index in [1.54, 1.807) is 0 Å². The molecule has 0 bridgehead atoms. The molecule has 0 saturated carbocycles. The van der Waals surface area contributed by atoms with Crippen molar-refractivity contribution in [1.29, 1.82) is 0 Å². The minimum Gasteiger partial charge on any atom is -0.0622 e. The summed E-state index contributed by atoms with van der Waals surface area (Å²) in [4.78, 5) is 0. The first kappa shape index (κ1) is 20.5. The van der Waals surface area contributed by atoms with Crippen LogP contribution in [0.4, 0.5) is 0 Å². The molecule has 0 atom stereocenters. The zero-order chi connectivity index (χ0) is 24.4. The molecule has 0 fully saturated rings. The molecule has 1 spiro atoms. The molecular weight excluding hydrogens is 444 g/mol. The van der Waals surface area contributed by atoms with Crippen molar-refractivity contribution in [2.45, 2.75) is 5.41 Å². The zero-order valence-corrected chi connectivity index (χ0v) is 20.4. The first-order valence-electron chi connectivity index (χ1n) is 13.0. The minimum atomic E-state index is -0.303. The van der Waals surface area contributed by atoms with Crippen molar-refractivity contribution in [2.24, 2.45) is 0 Å². The molecule has 0 N–H and O–H groups in total. The predicted octanol–water partition coefficient (Wildman–Crippen LogP) is 9.36. The second kappa shape index (κ2) is 7.66. The highest BCUT2D eigenvalue weighted by molar-refractivity contribution is 5.96. The molecule has 2 aliphatic carbocycles. The molecular formula is C37H24. The van der Waals surface area contributed by atoms with Gasteiger partial charge in [-0.2, -0.15) is 0 Å². The van der Waals surface area contributed by atoms with Crippen LogP contribution < -0.4 is 0 Å². The quantitative estimate of drug-likeness (QED) is 0.237. The number of benzene rings is 6. The van der Waals surface area contributed by atoms with E-state index < -0.39 is 0 Å². The van der Waals surface area contributed by atoms with Crippen LogP contribution in [0.15, 0.2) is 146 Å². The summed E-state index contributed by atoms with van der Waals surface area (Å²) in [5.41, 5.74) is 15.6. The van der Waals surface area contributed by atoms with E-state index in [2.05, 4.69) is 146 Å². The smallest absolute Gasteiger partial charge is 0.0622 e. The summed E-state index contributed by atoms with van der Waals surface area (Å²) >= 11 is 0. The van der Waals surface area contributed by atoms with Gasteiger partial charge in [0.15, 0.2) is 0 Å². The summed E-state index contributed by atoms with van der Waals surface area (Å²) in [6, 6.07) is 53.6. The number of hydrogen-bond donors (Lipinski definition) is 0. The Hall–Kier alpha value is -4.68. The van der Waals surface area contributed by atoms with E-state index >= 15 is 0 Å². The number of rotatable bonds is 2. The van der Waals surface area contributed by atoms with Crippen molar-refractivity contribution in [3.05, 3.63) is 168 Å². The van der Waals surface area contributed by atoms with Gasteiger partial charge in [0.2, 0.25) is 0 Å². The number of fused-ring (bicyclic) bond motifs is 10. The molecule has 8 rings (SSSR count). The molecule has 0 unspecified atom stereocenters. The molecule has 0 saturated heterocycles. The van der Waals surface area contributed by atoms with Gasteiger partial charge in [-0.25, -0.2) is 0 Å². The Bertz CT molecular complexity index is 1670. The van der Waals surface area contributed by atoms with Crippen molar-refractivity contribution < 1.29 is 0 Å². The molecule has 172 valence electrons. The topological polar surface area (TPSA) is 0 Å². The average molecular weight is 469 g/mol. The van der Waals surface area contributed by atoms with Crippen LogP contribution in [-0.2, 0) is 5.41 Å². The van der Waals surface area contributed by atoms with Crippen LogP contribution in [0.2, 0.25) is 0 Å². The fraction of sp³-hybridized carbons (Fsp3) is 0.0270. The fourth-order valence-electron chi connectivity index (χ4n) is 6.77. The van der Waals surface area contributed by atoms with Gasteiger partial charge < -0.3 is 0 Å². The van der Waals surface area contributed by atoms with E-state index in [-0.39, 0.29) is 5.41 Å². The van der Waals surface area contributed by atoms with Gasteiger partial charge in [0.1, 0.15) is 0 Å². The van der Waals surface area contributed by atoms with E-state index in [9.17, 15) is 0 Å². The van der Waals surface area contributed by atoms with Crippen LogP contribution in [0.5, 0.6) is 0 Å². The van der Waals surface area contributed by atoms with Gasteiger partial charge in [0.05, 0.1) is 5.41 Å². The van der Waals surface area contributed by atoms with Crippen LogP contribution in [-0.4, -0.2) is 0 Å². The van der Waals surface area contributed by atoms with E-state index in [4.69, 9.17) is 0 Å². The maximum Gasteiger partial charge on any atom is 0.0725 e. The first-order valence-corrected chi connectivity index (χ1v) is 13.0. The lowest BCUT2D eigenvalue weighted by Crippen LogP contribution is -2.25. The standard InChI is InChI=1S/C37H24/c1-3-11-25(12-4-1)27-19-21-35-31(23-27)29-15-7-9-17-33(29)37(35)34-18-10-8-16-30(34)32-24-28(20-22-36(32)37)26-13-5-2-6-14-26/h1-24H. The molecule has 0 heterocycles. The molecule has 2 aliphatic rings. The highest BCUT2D eigenvalue weighted by Crippen LogP contribution is 2.63. The Kier molecular flexibility index (Phi) is 4.24. The Morgan fingerprint density at radius 1 is 0.270 bits per heavy atom. The lowest BCUT2D eigenvalue weighted by Gasteiger charge is -2.30. The van der Waals surface area contributed by atoms with Crippen LogP contribution in [0.1, 0.15) is 22.3 Å².